The first kappa shape index (κ1) is 11.6. The van der Waals surface area contributed by atoms with Crippen LogP contribution in [0.3, 0.4) is 0 Å². The van der Waals surface area contributed by atoms with Crippen LogP contribution < -0.4 is 5.43 Å². The van der Waals surface area contributed by atoms with Gasteiger partial charge in [-0.05, 0) is 12.1 Å². The van der Waals surface area contributed by atoms with E-state index in [0.717, 1.165) is 0 Å². The molecule has 0 saturated carbocycles. The number of hydrogen-bond donors (Lipinski definition) is 0. The summed E-state index contributed by atoms with van der Waals surface area (Å²) >= 11 is 0. The van der Waals surface area contributed by atoms with Crippen molar-refractivity contribution < 1.29 is 0 Å². The van der Waals surface area contributed by atoms with Crippen molar-refractivity contribution in [2.45, 2.75) is 0 Å². The van der Waals surface area contributed by atoms with Gasteiger partial charge < -0.3 is 4.57 Å². The van der Waals surface area contributed by atoms with Crippen molar-refractivity contribution in [1.82, 2.24) is 18.9 Å². The number of para-hydroxylation sites is 2. The summed E-state index contributed by atoms with van der Waals surface area (Å²) in [7, 11) is 1.79. The predicted molar refractivity (Wildman–Crippen MR) is 78.0 cm³/mol. The van der Waals surface area contributed by atoms with Gasteiger partial charge in [0, 0.05) is 19.4 Å². The molecule has 0 spiro atoms. The van der Waals surface area contributed by atoms with E-state index in [1.54, 1.807) is 34.5 Å². The van der Waals surface area contributed by atoms with Gasteiger partial charge in [0.1, 0.15) is 17.3 Å². The molecule has 0 bridgehead atoms. The minimum Gasteiger partial charge on any atom is -0.334 e. The van der Waals surface area contributed by atoms with E-state index >= 15 is 0 Å². The Morgan fingerprint density at radius 2 is 1.86 bits per heavy atom. The van der Waals surface area contributed by atoms with Crippen molar-refractivity contribution in [3.05, 3.63) is 52.4 Å². The van der Waals surface area contributed by atoms with Crippen LogP contribution in [-0.2, 0) is 7.05 Å². The number of imidazole rings is 1. The van der Waals surface area contributed by atoms with Crippen LogP contribution in [0.15, 0.2) is 41.5 Å². The van der Waals surface area contributed by atoms with E-state index < -0.39 is 0 Å². The van der Waals surface area contributed by atoms with Crippen molar-refractivity contribution in [3.8, 4) is 6.07 Å². The van der Waals surface area contributed by atoms with Crippen LogP contribution >= 0.6 is 0 Å². The highest BCUT2D eigenvalue weighted by atomic mass is 16.1. The zero-order chi connectivity index (χ0) is 14.6. The maximum absolute atomic E-state index is 12.5. The van der Waals surface area contributed by atoms with Crippen molar-refractivity contribution >= 4 is 27.8 Å². The Morgan fingerprint density at radius 3 is 2.57 bits per heavy atom. The Kier molecular flexibility index (Phi) is 2.16. The molecule has 0 fully saturated rings. The molecule has 21 heavy (non-hydrogen) atoms. The molecule has 0 aliphatic rings. The molecular weight excluding hydrogens is 266 g/mol. The molecule has 6 nitrogen and oxygen atoms in total. The van der Waals surface area contributed by atoms with Gasteiger partial charge in [-0.3, -0.25) is 9.20 Å². The minimum atomic E-state index is -0.382. The second-order valence-corrected chi connectivity index (χ2v) is 4.80. The second-order valence-electron chi connectivity index (χ2n) is 4.80. The average Bonchev–Trinajstić information content (AvgIpc) is 2.89. The van der Waals surface area contributed by atoms with E-state index in [2.05, 4.69) is 9.97 Å². The maximum Gasteiger partial charge on any atom is 0.229 e. The van der Waals surface area contributed by atoms with Gasteiger partial charge in [0.15, 0.2) is 11.2 Å². The molecule has 0 radical (unpaired) electrons. The fourth-order valence-electron chi connectivity index (χ4n) is 2.58. The quantitative estimate of drug-likeness (QED) is 0.457. The van der Waals surface area contributed by atoms with Crippen molar-refractivity contribution in [2.75, 3.05) is 0 Å². The Bertz CT molecular complexity index is 1130. The van der Waals surface area contributed by atoms with Gasteiger partial charge in [-0.2, -0.15) is 5.26 Å². The minimum absolute atomic E-state index is 0.0829. The molecule has 3 heterocycles. The van der Waals surface area contributed by atoms with E-state index in [1.165, 1.54) is 0 Å². The zero-order valence-corrected chi connectivity index (χ0v) is 11.1. The molecule has 4 rings (SSSR count). The summed E-state index contributed by atoms with van der Waals surface area (Å²) in [5.74, 6) is 0. The molecular formula is C15H9N5O. The van der Waals surface area contributed by atoms with Crippen LogP contribution in [-0.4, -0.2) is 18.9 Å². The van der Waals surface area contributed by atoms with Gasteiger partial charge in [0.2, 0.25) is 5.43 Å². The Labute approximate surface area is 118 Å². The molecule has 0 N–H and O–H groups in total. The summed E-state index contributed by atoms with van der Waals surface area (Å²) in [5.41, 5.74) is 2.27. The van der Waals surface area contributed by atoms with Crippen LogP contribution in [0.2, 0.25) is 0 Å². The third-order valence-electron chi connectivity index (χ3n) is 3.56. The number of rotatable bonds is 0. The number of nitrogens with zero attached hydrogens (tertiary/aromatic N) is 5. The van der Waals surface area contributed by atoms with Crippen molar-refractivity contribution in [2.24, 2.45) is 7.05 Å². The first-order chi connectivity index (χ1) is 10.2. The molecule has 0 atom stereocenters. The van der Waals surface area contributed by atoms with Gasteiger partial charge >= 0.3 is 0 Å². The molecule has 6 heteroatoms. The first-order valence-corrected chi connectivity index (χ1v) is 6.37. The third-order valence-corrected chi connectivity index (χ3v) is 3.56. The largest absolute Gasteiger partial charge is 0.334 e. The summed E-state index contributed by atoms with van der Waals surface area (Å²) < 4.78 is 3.46. The highest BCUT2D eigenvalue weighted by Gasteiger charge is 2.16. The fourth-order valence-corrected chi connectivity index (χ4v) is 2.58. The number of aryl methyl sites for hydroxylation is 1. The lowest BCUT2D eigenvalue weighted by molar-refractivity contribution is 0.951. The monoisotopic (exact) mass is 275 g/mol. The summed E-state index contributed by atoms with van der Waals surface area (Å²) in [5, 5.41) is 9.31. The van der Waals surface area contributed by atoms with Crippen molar-refractivity contribution in [3.63, 3.8) is 0 Å². The maximum atomic E-state index is 12.5. The molecule has 4 aromatic rings. The zero-order valence-electron chi connectivity index (χ0n) is 11.1. The van der Waals surface area contributed by atoms with E-state index in [4.69, 9.17) is 0 Å². The van der Waals surface area contributed by atoms with Gasteiger partial charge in [-0.15, -0.1) is 0 Å². The van der Waals surface area contributed by atoms with Gasteiger partial charge in [0.05, 0.1) is 11.0 Å². The molecule has 0 saturated heterocycles. The number of pyridine rings is 1. The lowest BCUT2D eigenvalue weighted by Crippen LogP contribution is -2.14. The summed E-state index contributed by atoms with van der Waals surface area (Å²) in [6, 6.07) is 9.34. The Hall–Kier alpha value is -3.20. The lowest BCUT2D eigenvalue weighted by atomic mass is 10.2. The first-order valence-electron chi connectivity index (χ1n) is 6.37. The number of fused-ring (bicyclic) bond motifs is 4. The summed E-state index contributed by atoms with van der Waals surface area (Å²) in [6.07, 6.45) is 3.56. The van der Waals surface area contributed by atoms with Crippen LogP contribution in [0.5, 0.6) is 0 Å². The van der Waals surface area contributed by atoms with Crippen molar-refractivity contribution in [1.29, 1.82) is 5.26 Å². The molecule has 100 valence electrons. The molecule has 0 unspecified atom stereocenters. The average molecular weight is 275 g/mol. The topological polar surface area (TPSA) is 76.0 Å². The number of hydrogen-bond acceptors (Lipinski definition) is 4. The summed E-state index contributed by atoms with van der Waals surface area (Å²) in [4.78, 5) is 21.4. The van der Waals surface area contributed by atoms with Crippen LogP contribution in [0.4, 0.5) is 0 Å². The molecule has 0 aliphatic heterocycles. The summed E-state index contributed by atoms with van der Waals surface area (Å²) in [6.45, 7) is 0. The fraction of sp³-hybridized carbons (Fsp3) is 0.0667. The normalized spacial score (nSPS) is 11.2. The van der Waals surface area contributed by atoms with E-state index in [0.29, 0.717) is 22.3 Å². The highest BCUT2D eigenvalue weighted by molar-refractivity contribution is 5.87. The van der Waals surface area contributed by atoms with Gasteiger partial charge in [-0.1, -0.05) is 12.1 Å². The number of benzene rings is 1. The number of aromatic nitrogens is 4. The molecule has 3 aromatic heterocycles. The molecule has 1 aromatic carbocycles. The van der Waals surface area contributed by atoms with Crippen LogP contribution in [0, 0.1) is 11.3 Å². The highest BCUT2D eigenvalue weighted by Crippen LogP contribution is 2.17. The number of nitriles is 1. The van der Waals surface area contributed by atoms with E-state index in [9.17, 15) is 10.1 Å². The van der Waals surface area contributed by atoms with E-state index in [1.807, 2.05) is 24.3 Å². The standard InChI is InChI=1S/C15H9N5O/c1-19-6-7-20-14-12(13(21)9(8-16)15(19)20)17-10-4-2-3-5-11(10)18-14/h2-7H,1H3. The van der Waals surface area contributed by atoms with E-state index in [-0.39, 0.29) is 16.5 Å². The molecule has 0 amide bonds. The lowest BCUT2D eigenvalue weighted by Gasteiger charge is -2.05. The van der Waals surface area contributed by atoms with Gasteiger partial charge in [-0.25, -0.2) is 9.97 Å². The van der Waals surface area contributed by atoms with Gasteiger partial charge in [0.25, 0.3) is 0 Å². The predicted octanol–water partition coefficient (Wildman–Crippen LogP) is 1.61. The molecule has 0 aliphatic carbocycles. The third kappa shape index (κ3) is 1.43. The second kappa shape index (κ2) is 3.90. The smallest absolute Gasteiger partial charge is 0.229 e. The Balaban J connectivity index is 2.38. The SMILES string of the molecule is Cn1ccn2c3nc4ccccc4nc3c(=O)c(C#N)c12. The Morgan fingerprint density at radius 1 is 1.14 bits per heavy atom. The van der Waals surface area contributed by atoms with Crippen LogP contribution in [0.1, 0.15) is 5.56 Å². The van der Waals surface area contributed by atoms with Crippen LogP contribution in [0.25, 0.3) is 27.8 Å².